The molecule has 1 nitrogen and oxygen atoms in total. The topological polar surface area (TPSA) is 3.24 Å². The molecule has 1 saturated heterocycles. The Morgan fingerprint density at radius 2 is 2.09 bits per heavy atom. The van der Waals surface area contributed by atoms with Crippen molar-refractivity contribution in [3.63, 3.8) is 0 Å². The minimum atomic E-state index is 0.650. The van der Waals surface area contributed by atoms with Gasteiger partial charge >= 0.3 is 0 Å². The van der Waals surface area contributed by atoms with Crippen LogP contribution in [-0.2, 0) is 0 Å². The second-order valence-corrected chi connectivity index (χ2v) is 3.47. The monoisotopic (exact) mass is 149 g/mol. The molecule has 0 spiro atoms. The minimum Gasteiger partial charge on any atom is -0.296 e. The highest BCUT2D eigenvalue weighted by Gasteiger charge is 2.24. The van der Waals surface area contributed by atoms with Crippen LogP contribution in [0.4, 0.5) is 0 Å². The van der Waals surface area contributed by atoms with Gasteiger partial charge in [-0.25, -0.2) is 0 Å². The lowest BCUT2D eigenvalue weighted by Crippen LogP contribution is -2.31. The van der Waals surface area contributed by atoms with Gasteiger partial charge in [-0.15, -0.1) is 0 Å². The number of hydrogen-bond acceptors (Lipinski definition) is 1. The number of rotatable bonds is 1. The molecule has 1 heterocycles. The Balaban J connectivity index is 1.99. The number of hydrogen-bond donors (Lipinski definition) is 0. The Morgan fingerprint density at radius 1 is 1.36 bits per heavy atom. The second-order valence-electron chi connectivity index (χ2n) is 3.47. The summed E-state index contributed by atoms with van der Waals surface area (Å²) in [5.74, 6) is 0. The first kappa shape index (κ1) is 7.11. The maximum absolute atomic E-state index is 4.05. The van der Waals surface area contributed by atoms with Crippen molar-refractivity contribution >= 4 is 0 Å². The lowest BCUT2D eigenvalue weighted by molar-refractivity contribution is 0.283. The van der Waals surface area contributed by atoms with Crippen LogP contribution in [0.5, 0.6) is 0 Å². The summed E-state index contributed by atoms with van der Waals surface area (Å²) in [7, 11) is 0. The van der Waals surface area contributed by atoms with Crippen LogP contribution in [0.1, 0.15) is 19.3 Å². The van der Waals surface area contributed by atoms with E-state index in [2.05, 4.69) is 23.6 Å². The predicted octanol–water partition coefficient (Wildman–Crippen LogP) is 1.97. The molecule has 1 atom stereocenters. The zero-order valence-electron chi connectivity index (χ0n) is 6.92. The van der Waals surface area contributed by atoms with E-state index < -0.39 is 0 Å². The molecule has 2 aliphatic rings. The maximum atomic E-state index is 4.05. The highest BCUT2D eigenvalue weighted by molar-refractivity contribution is 5.28. The molecule has 0 saturated carbocycles. The number of likely N-dealkylation sites (tertiary alicyclic amines) is 1. The zero-order valence-corrected chi connectivity index (χ0v) is 6.92. The van der Waals surface area contributed by atoms with Crippen molar-refractivity contribution in [3.05, 3.63) is 24.3 Å². The van der Waals surface area contributed by atoms with E-state index in [1.807, 2.05) is 0 Å². The van der Waals surface area contributed by atoms with Gasteiger partial charge in [0.25, 0.3) is 0 Å². The summed E-state index contributed by atoms with van der Waals surface area (Å²) in [6.45, 7) is 6.62. The van der Waals surface area contributed by atoms with Crippen molar-refractivity contribution in [3.8, 4) is 0 Å². The van der Waals surface area contributed by atoms with E-state index in [0.29, 0.717) is 6.04 Å². The number of nitrogens with zero attached hydrogens (tertiary/aromatic N) is 1. The van der Waals surface area contributed by atoms with Crippen LogP contribution in [0.2, 0.25) is 0 Å². The first-order chi connectivity index (χ1) is 5.38. The Hall–Kier alpha value is -0.560. The second kappa shape index (κ2) is 2.82. The molecule has 0 bridgehead atoms. The van der Waals surface area contributed by atoms with E-state index >= 15 is 0 Å². The highest BCUT2D eigenvalue weighted by atomic mass is 15.2. The van der Waals surface area contributed by atoms with Gasteiger partial charge in [0.2, 0.25) is 0 Å². The normalized spacial score (nSPS) is 32.0. The van der Waals surface area contributed by atoms with Crippen LogP contribution < -0.4 is 0 Å². The van der Waals surface area contributed by atoms with Crippen LogP contribution >= 0.6 is 0 Å². The highest BCUT2D eigenvalue weighted by Crippen LogP contribution is 2.24. The van der Waals surface area contributed by atoms with Crippen LogP contribution in [0.15, 0.2) is 24.3 Å². The average Bonchev–Trinajstić information content (AvgIpc) is 2.55. The fraction of sp³-hybridized carbons (Fsp3) is 0.600. The van der Waals surface area contributed by atoms with Crippen LogP contribution in [0.25, 0.3) is 0 Å². The largest absolute Gasteiger partial charge is 0.296 e. The fourth-order valence-electron chi connectivity index (χ4n) is 2.05. The third-order valence-corrected chi connectivity index (χ3v) is 2.70. The Bertz CT molecular complexity index is 187. The van der Waals surface area contributed by atoms with Gasteiger partial charge in [0.1, 0.15) is 0 Å². The van der Waals surface area contributed by atoms with Crippen molar-refractivity contribution in [1.82, 2.24) is 4.90 Å². The van der Waals surface area contributed by atoms with Gasteiger partial charge in [-0.1, -0.05) is 18.7 Å². The molecule has 0 N–H and O–H groups in total. The molecule has 0 amide bonds. The minimum absolute atomic E-state index is 0.650. The van der Waals surface area contributed by atoms with Crippen molar-refractivity contribution in [2.45, 2.75) is 25.3 Å². The van der Waals surface area contributed by atoms with Gasteiger partial charge < -0.3 is 0 Å². The smallest absolute Gasteiger partial charge is 0.0376 e. The zero-order chi connectivity index (χ0) is 7.68. The van der Waals surface area contributed by atoms with Crippen molar-refractivity contribution in [2.75, 3.05) is 13.1 Å². The van der Waals surface area contributed by atoms with Crippen LogP contribution in [-0.4, -0.2) is 24.0 Å². The Labute approximate surface area is 68.4 Å². The quantitative estimate of drug-likeness (QED) is 0.551. The molecule has 0 aromatic heterocycles. The van der Waals surface area contributed by atoms with Crippen molar-refractivity contribution < 1.29 is 0 Å². The molecule has 0 aromatic carbocycles. The molecule has 1 aliphatic heterocycles. The van der Waals surface area contributed by atoms with Gasteiger partial charge in [-0.2, -0.15) is 0 Å². The van der Waals surface area contributed by atoms with Gasteiger partial charge in [-0.05, 0) is 37.9 Å². The third kappa shape index (κ3) is 1.25. The molecule has 1 aliphatic carbocycles. The van der Waals surface area contributed by atoms with Gasteiger partial charge in [0.05, 0.1) is 0 Å². The lowest BCUT2D eigenvalue weighted by Gasteiger charge is -2.23. The first-order valence-electron chi connectivity index (χ1n) is 4.47. The summed E-state index contributed by atoms with van der Waals surface area (Å²) >= 11 is 0. The van der Waals surface area contributed by atoms with E-state index in [1.54, 1.807) is 0 Å². The maximum Gasteiger partial charge on any atom is 0.0376 e. The molecule has 1 fully saturated rings. The van der Waals surface area contributed by atoms with E-state index in [4.69, 9.17) is 0 Å². The summed E-state index contributed by atoms with van der Waals surface area (Å²) in [4.78, 5) is 2.56. The third-order valence-electron chi connectivity index (χ3n) is 2.70. The van der Waals surface area contributed by atoms with Gasteiger partial charge in [0, 0.05) is 6.04 Å². The molecule has 0 radical (unpaired) electrons. The molecule has 11 heavy (non-hydrogen) atoms. The van der Waals surface area contributed by atoms with E-state index in [-0.39, 0.29) is 0 Å². The van der Waals surface area contributed by atoms with E-state index in [9.17, 15) is 0 Å². The summed E-state index contributed by atoms with van der Waals surface area (Å²) in [6, 6.07) is 0.650. The first-order valence-corrected chi connectivity index (χ1v) is 4.47. The van der Waals surface area contributed by atoms with Crippen LogP contribution in [0.3, 0.4) is 0 Å². The Morgan fingerprint density at radius 3 is 2.64 bits per heavy atom. The molecule has 60 valence electrons. The molecule has 1 unspecified atom stereocenters. The van der Waals surface area contributed by atoms with Crippen LogP contribution in [0, 0.1) is 0 Å². The fourth-order valence-corrected chi connectivity index (χ4v) is 2.05. The molecule has 1 heteroatoms. The molecule has 2 rings (SSSR count). The standard InChI is InChI=1S/C10H15N/c1-9-5-4-6-10(9)11-7-2-3-8-11/h4-5,10H,1-3,6-8H2. The Kier molecular flexibility index (Phi) is 1.82. The molecule has 0 aromatic rings. The SMILES string of the molecule is C=C1C=CCC1N1CCCC1. The predicted molar refractivity (Wildman–Crippen MR) is 47.5 cm³/mol. The summed E-state index contributed by atoms with van der Waals surface area (Å²) in [5.41, 5.74) is 1.31. The van der Waals surface area contributed by atoms with Gasteiger partial charge in [-0.3, -0.25) is 4.90 Å². The summed E-state index contributed by atoms with van der Waals surface area (Å²) < 4.78 is 0. The average molecular weight is 149 g/mol. The van der Waals surface area contributed by atoms with E-state index in [1.165, 1.54) is 37.9 Å². The van der Waals surface area contributed by atoms with Gasteiger partial charge in [0.15, 0.2) is 0 Å². The summed E-state index contributed by atoms with van der Waals surface area (Å²) in [5, 5.41) is 0. The van der Waals surface area contributed by atoms with Crippen molar-refractivity contribution in [2.24, 2.45) is 0 Å². The lowest BCUT2D eigenvalue weighted by atomic mass is 10.1. The molecular weight excluding hydrogens is 134 g/mol. The van der Waals surface area contributed by atoms with E-state index in [0.717, 1.165) is 0 Å². The molecular formula is C10H15N. The van der Waals surface area contributed by atoms with Crippen molar-refractivity contribution in [1.29, 1.82) is 0 Å². The summed E-state index contributed by atoms with van der Waals surface area (Å²) in [6.07, 6.45) is 8.36.